The molecule has 2 unspecified atom stereocenters. The third kappa shape index (κ3) is 2.73. The molecule has 0 bridgehead atoms. The van der Waals surface area contributed by atoms with Crippen molar-refractivity contribution in [3.05, 3.63) is 29.3 Å². The summed E-state index contributed by atoms with van der Waals surface area (Å²) in [6, 6.07) is 5.93. The number of amides is 1. The minimum Gasteiger partial charge on any atom is -0.399 e. The highest BCUT2D eigenvalue weighted by Gasteiger charge is 2.34. The van der Waals surface area contributed by atoms with Crippen LogP contribution in [0.25, 0.3) is 0 Å². The number of rotatable bonds is 2. The Morgan fingerprint density at radius 2 is 2.05 bits per heavy atom. The van der Waals surface area contributed by atoms with Crippen LogP contribution in [0, 0.1) is 12.8 Å². The van der Waals surface area contributed by atoms with Crippen molar-refractivity contribution < 1.29 is 4.79 Å². The summed E-state index contributed by atoms with van der Waals surface area (Å²) in [6.07, 6.45) is 0. The van der Waals surface area contributed by atoms with Gasteiger partial charge in [-0.05, 0) is 50.7 Å². The van der Waals surface area contributed by atoms with Gasteiger partial charge in [-0.15, -0.1) is 0 Å². The number of nitrogens with zero attached hydrogens (tertiary/aromatic N) is 2. The van der Waals surface area contributed by atoms with E-state index in [9.17, 15) is 4.79 Å². The lowest BCUT2D eigenvalue weighted by atomic mass is 10.1. The first-order valence-corrected chi connectivity index (χ1v) is 6.72. The Balaban J connectivity index is 2.17. The normalized spacial score (nSPS) is 23.1. The minimum absolute atomic E-state index is 0.119. The molecule has 0 aromatic heterocycles. The zero-order valence-corrected chi connectivity index (χ0v) is 12.2. The van der Waals surface area contributed by atoms with Crippen molar-refractivity contribution in [3.63, 3.8) is 0 Å². The number of carbonyl (C=O) groups excluding carboxylic acids is 1. The molecule has 4 heteroatoms. The van der Waals surface area contributed by atoms with E-state index >= 15 is 0 Å². The summed E-state index contributed by atoms with van der Waals surface area (Å²) in [5, 5.41) is 0. The number of likely N-dealkylation sites (tertiary alicyclic amines) is 1. The lowest BCUT2D eigenvalue weighted by Gasteiger charge is -2.22. The van der Waals surface area contributed by atoms with Gasteiger partial charge in [0.2, 0.25) is 0 Å². The van der Waals surface area contributed by atoms with E-state index in [-0.39, 0.29) is 5.91 Å². The fraction of sp³-hybridized carbons (Fsp3) is 0.533. The predicted molar refractivity (Wildman–Crippen MR) is 78.1 cm³/mol. The van der Waals surface area contributed by atoms with Gasteiger partial charge in [-0.25, -0.2) is 0 Å². The SMILES string of the molecule is Cc1cc(N)ccc1C(=O)N1CC(C)C(N(C)C)C1. The second-order valence-corrected chi connectivity index (χ2v) is 5.79. The van der Waals surface area contributed by atoms with Crippen molar-refractivity contribution in [1.29, 1.82) is 0 Å². The van der Waals surface area contributed by atoms with Crippen molar-refractivity contribution in [2.24, 2.45) is 5.92 Å². The monoisotopic (exact) mass is 261 g/mol. The number of aryl methyl sites for hydroxylation is 1. The van der Waals surface area contributed by atoms with Crippen LogP contribution >= 0.6 is 0 Å². The smallest absolute Gasteiger partial charge is 0.254 e. The highest BCUT2D eigenvalue weighted by Crippen LogP contribution is 2.23. The van der Waals surface area contributed by atoms with Crippen LogP contribution in [0.15, 0.2) is 18.2 Å². The first-order valence-electron chi connectivity index (χ1n) is 6.72. The Morgan fingerprint density at radius 1 is 1.37 bits per heavy atom. The Morgan fingerprint density at radius 3 is 2.58 bits per heavy atom. The van der Waals surface area contributed by atoms with Crippen molar-refractivity contribution in [3.8, 4) is 0 Å². The molecular formula is C15H23N3O. The summed E-state index contributed by atoms with van der Waals surface area (Å²) < 4.78 is 0. The summed E-state index contributed by atoms with van der Waals surface area (Å²) in [6.45, 7) is 5.77. The summed E-state index contributed by atoms with van der Waals surface area (Å²) in [7, 11) is 4.15. The van der Waals surface area contributed by atoms with E-state index in [0.29, 0.717) is 17.6 Å². The third-order valence-electron chi connectivity index (χ3n) is 4.00. The summed E-state index contributed by atoms with van der Waals surface area (Å²) >= 11 is 0. The zero-order valence-electron chi connectivity index (χ0n) is 12.2. The van der Waals surface area contributed by atoms with Crippen LogP contribution in [0.3, 0.4) is 0 Å². The molecule has 1 aliphatic rings. The topological polar surface area (TPSA) is 49.6 Å². The molecule has 1 aliphatic heterocycles. The van der Waals surface area contributed by atoms with Crippen LogP contribution in [0.2, 0.25) is 0 Å². The molecule has 1 aromatic rings. The van der Waals surface area contributed by atoms with Gasteiger partial charge in [0.1, 0.15) is 0 Å². The van der Waals surface area contributed by atoms with E-state index in [2.05, 4.69) is 25.9 Å². The molecule has 4 nitrogen and oxygen atoms in total. The van der Waals surface area contributed by atoms with Gasteiger partial charge in [0.05, 0.1) is 0 Å². The zero-order chi connectivity index (χ0) is 14.2. The predicted octanol–water partition coefficient (Wildman–Crippen LogP) is 1.60. The molecule has 0 aliphatic carbocycles. The van der Waals surface area contributed by atoms with Gasteiger partial charge in [-0.1, -0.05) is 6.92 Å². The molecule has 2 N–H and O–H groups in total. The standard InChI is InChI=1S/C15H23N3O/c1-10-7-12(16)5-6-13(10)15(19)18-8-11(2)14(9-18)17(3)4/h5-7,11,14H,8-9,16H2,1-4H3. The van der Waals surface area contributed by atoms with Crippen molar-refractivity contribution in [2.45, 2.75) is 19.9 Å². The number of anilines is 1. The maximum absolute atomic E-state index is 12.6. The molecule has 1 heterocycles. The van der Waals surface area contributed by atoms with Gasteiger partial charge < -0.3 is 15.5 Å². The molecule has 0 spiro atoms. The number of hydrogen-bond donors (Lipinski definition) is 1. The van der Waals surface area contributed by atoms with Crippen molar-refractivity contribution >= 4 is 11.6 Å². The Hall–Kier alpha value is -1.55. The number of nitrogen functional groups attached to an aromatic ring is 1. The Labute approximate surface area is 115 Å². The van der Waals surface area contributed by atoms with Crippen LogP contribution in [-0.2, 0) is 0 Å². The van der Waals surface area contributed by atoms with Gasteiger partial charge in [0, 0.05) is 30.4 Å². The van der Waals surface area contributed by atoms with E-state index in [1.54, 1.807) is 6.07 Å². The van der Waals surface area contributed by atoms with E-state index in [1.165, 1.54) is 0 Å². The number of carbonyl (C=O) groups is 1. The van der Waals surface area contributed by atoms with E-state index in [0.717, 1.165) is 24.2 Å². The fourth-order valence-electron chi connectivity index (χ4n) is 2.88. The molecular weight excluding hydrogens is 238 g/mol. The Bertz CT molecular complexity index is 484. The maximum atomic E-state index is 12.6. The van der Waals surface area contributed by atoms with Gasteiger partial charge in [0.25, 0.3) is 5.91 Å². The molecule has 1 saturated heterocycles. The van der Waals surface area contributed by atoms with Gasteiger partial charge >= 0.3 is 0 Å². The van der Waals surface area contributed by atoms with Crippen LogP contribution in [0.5, 0.6) is 0 Å². The largest absolute Gasteiger partial charge is 0.399 e. The second kappa shape index (κ2) is 5.21. The van der Waals surface area contributed by atoms with Gasteiger partial charge in [0.15, 0.2) is 0 Å². The second-order valence-electron chi connectivity index (χ2n) is 5.79. The summed E-state index contributed by atoms with van der Waals surface area (Å²) in [4.78, 5) is 16.7. The fourth-order valence-corrected chi connectivity index (χ4v) is 2.88. The van der Waals surface area contributed by atoms with E-state index in [4.69, 9.17) is 5.73 Å². The van der Waals surface area contributed by atoms with Crippen LogP contribution in [-0.4, -0.2) is 48.9 Å². The van der Waals surface area contributed by atoms with Crippen LogP contribution < -0.4 is 5.73 Å². The van der Waals surface area contributed by atoms with Crippen molar-refractivity contribution in [1.82, 2.24) is 9.80 Å². The summed E-state index contributed by atoms with van der Waals surface area (Å²) in [5.74, 6) is 0.627. The first-order chi connectivity index (χ1) is 8.90. The van der Waals surface area contributed by atoms with Crippen molar-refractivity contribution in [2.75, 3.05) is 32.9 Å². The molecule has 0 saturated carbocycles. The third-order valence-corrected chi connectivity index (χ3v) is 4.00. The molecule has 2 atom stereocenters. The molecule has 1 fully saturated rings. The van der Waals surface area contributed by atoms with Gasteiger partial charge in [-0.2, -0.15) is 0 Å². The highest BCUT2D eigenvalue weighted by atomic mass is 16.2. The molecule has 1 amide bonds. The average Bonchev–Trinajstić information content (AvgIpc) is 2.70. The number of likely N-dealkylation sites (N-methyl/N-ethyl adjacent to an activating group) is 1. The quantitative estimate of drug-likeness (QED) is 0.823. The number of hydrogen-bond acceptors (Lipinski definition) is 3. The lowest BCUT2D eigenvalue weighted by molar-refractivity contribution is 0.0780. The molecule has 104 valence electrons. The van der Waals surface area contributed by atoms with E-state index < -0.39 is 0 Å². The Kier molecular flexibility index (Phi) is 3.80. The minimum atomic E-state index is 0.119. The summed E-state index contributed by atoms with van der Waals surface area (Å²) in [5.41, 5.74) is 8.15. The van der Waals surface area contributed by atoms with Crippen LogP contribution in [0.4, 0.5) is 5.69 Å². The average molecular weight is 261 g/mol. The lowest BCUT2D eigenvalue weighted by Crippen LogP contribution is -2.36. The molecule has 19 heavy (non-hydrogen) atoms. The number of benzene rings is 1. The van der Waals surface area contributed by atoms with Crippen LogP contribution in [0.1, 0.15) is 22.8 Å². The molecule has 1 aromatic carbocycles. The maximum Gasteiger partial charge on any atom is 0.254 e. The van der Waals surface area contributed by atoms with E-state index in [1.807, 2.05) is 24.0 Å². The molecule has 0 radical (unpaired) electrons. The highest BCUT2D eigenvalue weighted by molar-refractivity contribution is 5.96. The molecule has 2 rings (SSSR count). The first kappa shape index (κ1) is 13.9. The number of nitrogens with two attached hydrogens (primary N) is 1. The van der Waals surface area contributed by atoms with Gasteiger partial charge in [-0.3, -0.25) is 4.79 Å².